The second-order valence-corrected chi connectivity index (χ2v) is 4.30. The molecule has 4 heteroatoms. The van der Waals surface area contributed by atoms with Gasteiger partial charge >= 0.3 is 11.9 Å². The fourth-order valence-electron chi connectivity index (χ4n) is 2.82. The Kier molecular flexibility index (Phi) is 3.72. The minimum atomic E-state index is -0.954. The van der Waals surface area contributed by atoms with E-state index in [1.807, 2.05) is 13.8 Å². The molecule has 0 radical (unpaired) electrons. The maximum Gasteiger partial charge on any atom is 0.307 e. The first-order valence-electron chi connectivity index (χ1n) is 5.48. The van der Waals surface area contributed by atoms with E-state index in [1.54, 1.807) is 0 Å². The van der Waals surface area contributed by atoms with Gasteiger partial charge in [0.25, 0.3) is 0 Å². The molecule has 1 fully saturated rings. The molecule has 0 aromatic rings. The molecule has 0 spiro atoms. The van der Waals surface area contributed by atoms with E-state index >= 15 is 0 Å². The SMILES string of the molecule is CCC1CC(CC)C(C(=O)O)C1C(=O)O. The Hall–Kier alpha value is -1.06. The molecule has 86 valence electrons. The second kappa shape index (κ2) is 4.64. The predicted octanol–water partition coefficient (Wildman–Crippen LogP) is 1.84. The molecule has 2 N–H and O–H groups in total. The highest BCUT2D eigenvalue weighted by molar-refractivity contribution is 5.81. The molecule has 1 saturated carbocycles. The molecule has 0 saturated heterocycles. The van der Waals surface area contributed by atoms with Crippen molar-refractivity contribution < 1.29 is 19.8 Å². The zero-order valence-corrected chi connectivity index (χ0v) is 9.14. The summed E-state index contributed by atoms with van der Waals surface area (Å²) in [5.74, 6) is -3.26. The van der Waals surface area contributed by atoms with E-state index < -0.39 is 23.8 Å². The summed E-state index contributed by atoms with van der Waals surface area (Å²) < 4.78 is 0. The second-order valence-electron chi connectivity index (χ2n) is 4.30. The first-order chi connectivity index (χ1) is 7.02. The van der Waals surface area contributed by atoms with Gasteiger partial charge in [0.2, 0.25) is 0 Å². The minimum absolute atomic E-state index is 0.0218. The Morgan fingerprint density at radius 3 is 1.53 bits per heavy atom. The van der Waals surface area contributed by atoms with Gasteiger partial charge in [0.1, 0.15) is 0 Å². The molecule has 1 rings (SSSR count). The minimum Gasteiger partial charge on any atom is -0.481 e. The first kappa shape index (κ1) is 12.0. The molecule has 0 aliphatic heterocycles. The standard InChI is InChI=1S/C11H18O4/c1-3-6-5-7(4-2)9(11(14)15)8(6)10(12)13/h6-9H,3-5H2,1-2H3,(H,12,13)(H,14,15). The maximum absolute atomic E-state index is 11.1. The Morgan fingerprint density at radius 1 is 1.00 bits per heavy atom. The quantitative estimate of drug-likeness (QED) is 0.748. The van der Waals surface area contributed by atoms with Crippen molar-refractivity contribution in [2.24, 2.45) is 23.7 Å². The van der Waals surface area contributed by atoms with Gasteiger partial charge in [-0.3, -0.25) is 9.59 Å². The summed E-state index contributed by atoms with van der Waals surface area (Å²) >= 11 is 0. The van der Waals surface area contributed by atoms with Crippen LogP contribution in [0.2, 0.25) is 0 Å². The molecule has 0 amide bonds. The molecule has 1 aliphatic rings. The molecule has 0 heterocycles. The van der Waals surface area contributed by atoms with E-state index in [-0.39, 0.29) is 11.8 Å². The van der Waals surface area contributed by atoms with Gasteiger partial charge in [-0.2, -0.15) is 0 Å². The van der Waals surface area contributed by atoms with Crippen LogP contribution in [0.15, 0.2) is 0 Å². The van der Waals surface area contributed by atoms with Crippen LogP contribution in [0.1, 0.15) is 33.1 Å². The van der Waals surface area contributed by atoms with Crippen LogP contribution >= 0.6 is 0 Å². The molecule has 0 bridgehead atoms. The summed E-state index contributed by atoms with van der Waals surface area (Å²) in [4.78, 5) is 22.2. The van der Waals surface area contributed by atoms with Crippen LogP contribution in [0.3, 0.4) is 0 Å². The van der Waals surface area contributed by atoms with Crippen molar-refractivity contribution in [3.05, 3.63) is 0 Å². The summed E-state index contributed by atoms with van der Waals surface area (Å²) in [7, 11) is 0. The van der Waals surface area contributed by atoms with E-state index in [0.717, 1.165) is 19.3 Å². The van der Waals surface area contributed by atoms with Crippen LogP contribution in [0.25, 0.3) is 0 Å². The molecule has 0 aromatic carbocycles. The molecule has 4 unspecified atom stereocenters. The smallest absolute Gasteiger partial charge is 0.307 e. The highest BCUT2D eigenvalue weighted by Gasteiger charge is 2.49. The fraction of sp³-hybridized carbons (Fsp3) is 0.818. The first-order valence-corrected chi connectivity index (χ1v) is 5.48. The number of aliphatic carboxylic acids is 2. The van der Waals surface area contributed by atoms with Crippen LogP contribution in [-0.2, 0) is 9.59 Å². The van der Waals surface area contributed by atoms with Crippen molar-refractivity contribution in [3.8, 4) is 0 Å². The fourth-order valence-corrected chi connectivity index (χ4v) is 2.82. The monoisotopic (exact) mass is 214 g/mol. The molecule has 1 aliphatic carbocycles. The molecular weight excluding hydrogens is 196 g/mol. The van der Waals surface area contributed by atoms with Gasteiger partial charge in [-0.05, 0) is 18.3 Å². The summed E-state index contributed by atoms with van der Waals surface area (Å²) in [6.45, 7) is 3.86. The number of carboxylic acids is 2. The van der Waals surface area contributed by atoms with Crippen molar-refractivity contribution in [1.82, 2.24) is 0 Å². The zero-order valence-electron chi connectivity index (χ0n) is 9.14. The lowest BCUT2D eigenvalue weighted by Gasteiger charge is -2.18. The Labute approximate surface area is 89.3 Å². The Bertz CT molecular complexity index is 235. The lowest BCUT2D eigenvalue weighted by atomic mass is 9.85. The topological polar surface area (TPSA) is 74.6 Å². The molecule has 4 nitrogen and oxygen atoms in total. The molecule has 4 atom stereocenters. The number of hydrogen-bond donors (Lipinski definition) is 2. The average Bonchev–Trinajstić information content (AvgIpc) is 2.55. The average molecular weight is 214 g/mol. The molecule has 15 heavy (non-hydrogen) atoms. The van der Waals surface area contributed by atoms with Crippen LogP contribution in [0.5, 0.6) is 0 Å². The summed E-state index contributed by atoms with van der Waals surface area (Å²) in [6.07, 6.45) is 2.23. The van der Waals surface area contributed by atoms with E-state index in [2.05, 4.69) is 0 Å². The van der Waals surface area contributed by atoms with E-state index in [0.29, 0.717) is 0 Å². The number of carbonyl (C=O) groups is 2. The van der Waals surface area contributed by atoms with Gasteiger partial charge in [-0.1, -0.05) is 26.7 Å². The van der Waals surface area contributed by atoms with Gasteiger partial charge in [-0.15, -0.1) is 0 Å². The van der Waals surface area contributed by atoms with Crippen LogP contribution < -0.4 is 0 Å². The third-order valence-electron chi connectivity index (χ3n) is 3.63. The number of hydrogen-bond acceptors (Lipinski definition) is 2. The Balaban J connectivity index is 2.95. The van der Waals surface area contributed by atoms with Crippen LogP contribution in [0.4, 0.5) is 0 Å². The lowest BCUT2D eigenvalue weighted by molar-refractivity contribution is -0.154. The highest BCUT2D eigenvalue weighted by Crippen LogP contribution is 2.44. The van der Waals surface area contributed by atoms with Gasteiger partial charge in [0.15, 0.2) is 0 Å². The number of rotatable bonds is 4. The summed E-state index contributed by atoms with van der Waals surface area (Å²) in [5, 5.41) is 18.2. The summed E-state index contributed by atoms with van der Waals surface area (Å²) in [5.41, 5.74) is 0. The largest absolute Gasteiger partial charge is 0.481 e. The third kappa shape index (κ3) is 2.13. The predicted molar refractivity (Wildman–Crippen MR) is 54.4 cm³/mol. The van der Waals surface area contributed by atoms with E-state index in [1.165, 1.54) is 0 Å². The van der Waals surface area contributed by atoms with Crippen molar-refractivity contribution in [2.45, 2.75) is 33.1 Å². The summed E-state index contributed by atoms with van der Waals surface area (Å²) in [6, 6.07) is 0. The van der Waals surface area contributed by atoms with Crippen LogP contribution in [-0.4, -0.2) is 22.2 Å². The zero-order chi connectivity index (χ0) is 11.6. The Morgan fingerprint density at radius 2 is 1.33 bits per heavy atom. The van der Waals surface area contributed by atoms with Crippen molar-refractivity contribution in [1.29, 1.82) is 0 Å². The van der Waals surface area contributed by atoms with Crippen LogP contribution in [0, 0.1) is 23.7 Å². The van der Waals surface area contributed by atoms with Gasteiger partial charge in [-0.25, -0.2) is 0 Å². The van der Waals surface area contributed by atoms with Crippen molar-refractivity contribution in [2.75, 3.05) is 0 Å². The van der Waals surface area contributed by atoms with Crippen molar-refractivity contribution in [3.63, 3.8) is 0 Å². The highest BCUT2D eigenvalue weighted by atomic mass is 16.4. The van der Waals surface area contributed by atoms with E-state index in [4.69, 9.17) is 10.2 Å². The normalized spacial score (nSPS) is 35.3. The number of carboxylic acid groups (broad SMARTS) is 2. The lowest BCUT2D eigenvalue weighted by Crippen LogP contribution is -2.31. The van der Waals surface area contributed by atoms with Gasteiger partial charge in [0, 0.05) is 0 Å². The van der Waals surface area contributed by atoms with E-state index in [9.17, 15) is 9.59 Å². The molecule has 0 aromatic heterocycles. The molecular formula is C11H18O4. The van der Waals surface area contributed by atoms with Gasteiger partial charge in [0.05, 0.1) is 11.8 Å². The third-order valence-corrected chi connectivity index (χ3v) is 3.63. The maximum atomic E-state index is 11.1. The van der Waals surface area contributed by atoms with Gasteiger partial charge < -0.3 is 10.2 Å². The van der Waals surface area contributed by atoms with Crippen molar-refractivity contribution >= 4 is 11.9 Å².